The molecule has 0 saturated heterocycles. The molecule has 0 bridgehead atoms. The molecule has 5 heteroatoms. The molecule has 0 spiro atoms. The van der Waals surface area contributed by atoms with Gasteiger partial charge < -0.3 is 5.32 Å². The predicted molar refractivity (Wildman–Crippen MR) is 70.1 cm³/mol. The van der Waals surface area contributed by atoms with Gasteiger partial charge in [0.05, 0.1) is 10.7 Å². The lowest BCUT2D eigenvalue weighted by molar-refractivity contribution is 0.625. The first-order valence-corrected chi connectivity index (χ1v) is 5.95. The molecule has 18 heavy (non-hydrogen) atoms. The van der Waals surface area contributed by atoms with Crippen molar-refractivity contribution in [3.8, 4) is 0 Å². The zero-order valence-corrected chi connectivity index (χ0v) is 10.7. The Labute approximate surface area is 113 Å². The molecule has 0 unspecified atom stereocenters. The molecule has 0 radical (unpaired) electrons. The Morgan fingerprint density at radius 3 is 2.22 bits per heavy atom. The molecule has 0 saturated carbocycles. The van der Waals surface area contributed by atoms with E-state index in [0.717, 1.165) is 0 Å². The standard InChI is InChI=1S/C13H9Cl2F2N/c14-11-3-1-9(16)5-8(11)7-18-13-6-10(17)2-4-12(13)15/h1-6,18H,7H2. The molecule has 0 atom stereocenters. The average Bonchev–Trinajstić information content (AvgIpc) is 2.34. The van der Waals surface area contributed by atoms with Crippen LogP contribution in [0.2, 0.25) is 10.0 Å². The van der Waals surface area contributed by atoms with Crippen molar-refractivity contribution in [1.29, 1.82) is 0 Å². The minimum absolute atomic E-state index is 0.264. The van der Waals surface area contributed by atoms with Crippen molar-refractivity contribution in [2.24, 2.45) is 0 Å². The van der Waals surface area contributed by atoms with E-state index in [1.165, 1.54) is 36.4 Å². The first-order valence-electron chi connectivity index (χ1n) is 5.19. The molecular weight excluding hydrogens is 279 g/mol. The van der Waals surface area contributed by atoms with Gasteiger partial charge in [0.1, 0.15) is 11.6 Å². The van der Waals surface area contributed by atoms with Gasteiger partial charge in [-0.15, -0.1) is 0 Å². The summed E-state index contributed by atoms with van der Waals surface area (Å²) in [7, 11) is 0. The molecule has 1 N–H and O–H groups in total. The van der Waals surface area contributed by atoms with Crippen LogP contribution in [0.5, 0.6) is 0 Å². The Kier molecular flexibility index (Phi) is 4.04. The first kappa shape index (κ1) is 13.1. The third-order valence-corrected chi connectivity index (χ3v) is 3.10. The van der Waals surface area contributed by atoms with Crippen LogP contribution in [0.3, 0.4) is 0 Å². The fraction of sp³-hybridized carbons (Fsp3) is 0.0769. The van der Waals surface area contributed by atoms with Gasteiger partial charge in [-0.3, -0.25) is 0 Å². The molecule has 0 fully saturated rings. The van der Waals surface area contributed by atoms with Gasteiger partial charge in [-0.25, -0.2) is 8.78 Å². The third kappa shape index (κ3) is 3.12. The largest absolute Gasteiger partial charge is 0.380 e. The second kappa shape index (κ2) is 5.55. The smallest absolute Gasteiger partial charge is 0.125 e. The summed E-state index contributed by atoms with van der Waals surface area (Å²) in [5.74, 6) is -0.770. The Bertz CT molecular complexity index is 521. The topological polar surface area (TPSA) is 12.0 Å². The molecule has 0 aliphatic rings. The SMILES string of the molecule is Fc1ccc(Cl)c(CNc2cc(F)ccc2Cl)c1. The molecule has 2 aromatic carbocycles. The summed E-state index contributed by atoms with van der Waals surface area (Å²) in [4.78, 5) is 0. The number of anilines is 1. The molecule has 0 heterocycles. The average molecular weight is 288 g/mol. The van der Waals surface area contributed by atoms with E-state index in [4.69, 9.17) is 23.2 Å². The van der Waals surface area contributed by atoms with Crippen LogP contribution >= 0.6 is 23.2 Å². The number of benzene rings is 2. The van der Waals surface area contributed by atoms with Crippen LogP contribution in [0.15, 0.2) is 36.4 Å². The van der Waals surface area contributed by atoms with Gasteiger partial charge in [0.25, 0.3) is 0 Å². The Morgan fingerprint density at radius 2 is 1.50 bits per heavy atom. The van der Waals surface area contributed by atoms with E-state index >= 15 is 0 Å². The summed E-state index contributed by atoms with van der Waals surface area (Å²) in [5.41, 5.74) is 1.02. The van der Waals surface area contributed by atoms with Crippen molar-refractivity contribution in [1.82, 2.24) is 0 Å². The Balaban J connectivity index is 2.16. The van der Waals surface area contributed by atoms with Crippen LogP contribution in [0.4, 0.5) is 14.5 Å². The maximum absolute atomic E-state index is 13.0. The minimum atomic E-state index is -0.396. The summed E-state index contributed by atoms with van der Waals surface area (Å²) < 4.78 is 26.1. The third-order valence-electron chi connectivity index (χ3n) is 2.41. The van der Waals surface area contributed by atoms with Crippen LogP contribution in [0, 0.1) is 11.6 Å². The van der Waals surface area contributed by atoms with Crippen LogP contribution in [0.25, 0.3) is 0 Å². The van der Waals surface area contributed by atoms with Gasteiger partial charge in [-0.2, -0.15) is 0 Å². The molecule has 0 aliphatic heterocycles. The summed E-state index contributed by atoms with van der Waals surface area (Å²) in [6, 6.07) is 8.06. The van der Waals surface area contributed by atoms with Crippen molar-refractivity contribution in [3.63, 3.8) is 0 Å². The lowest BCUT2D eigenvalue weighted by Gasteiger charge is -2.10. The molecule has 2 rings (SSSR count). The summed E-state index contributed by atoms with van der Waals surface area (Å²) in [5, 5.41) is 3.75. The summed E-state index contributed by atoms with van der Waals surface area (Å²) in [6.45, 7) is 0.264. The van der Waals surface area contributed by atoms with Crippen molar-refractivity contribution in [2.75, 3.05) is 5.32 Å². The normalized spacial score (nSPS) is 10.4. The highest BCUT2D eigenvalue weighted by molar-refractivity contribution is 6.33. The quantitative estimate of drug-likeness (QED) is 0.848. The van der Waals surface area contributed by atoms with E-state index in [-0.39, 0.29) is 12.4 Å². The lowest BCUT2D eigenvalue weighted by Crippen LogP contribution is -2.01. The zero-order chi connectivity index (χ0) is 13.1. The van der Waals surface area contributed by atoms with Gasteiger partial charge in [-0.05, 0) is 42.0 Å². The van der Waals surface area contributed by atoms with Crippen molar-refractivity contribution < 1.29 is 8.78 Å². The fourth-order valence-electron chi connectivity index (χ4n) is 1.50. The number of hydrogen-bond acceptors (Lipinski definition) is 1. The molecule has 2 aromatic rings. The van der Waals surface area contributed by atoms with Gasteiger partial charge in [0.15, 0.2) is 0 Å². The van der Waals surface area contributed by atoms with E-state index in [9.17, 15) is 8.78 Å². The number of hydrogen-bond donors (Lipinski definition) is 1. The zero-order valence-electron chi connectivity index (χ0n) is 9.18. The number of nitrogens with one attached hydrogen (secondary N) is 1. The van der Waals surface area contributed by atoms with Gasteiger partial charge in [-0.1, -0.05) is 23.2 Å². The highest BCUT2D eigenvalue weighted by atomic mass is 35.5. The van der Waals surface area contributed by atoms with E-state index in [2.05, 4.69) is 5.32 Å². The van der Waals surface area contributed by atoms with Crippen LogP contribution < -0.4 is 5.32 Å². The molecule has 0 amide bonds. The van der Waals surface area contributed by atoms with E-state index in [0.29, 0.717) is 21.3 Å². The van der Waals surface area contributed by atoms with Crippen LogP contribution in [0.1, 0.15) is 5.56 Å². The first-order chi connectivity index (χ1) is 8.56. The van der Waals surface area contributed by atoms with Crippen molar-refractivity contribution >= 4 is 28.9 Å². The monoisotopic (exact) mass is 287 g/mol. The maximum atomic E-state index is 13.0. The number of halogens is 4. The lowest BCUT2D eigenvalue weighted by atomic mass is 10.2. The molecular formula is C13H9Cl2F2N. The molecule has 1 nitrogen and oxygen atoms in total. The molecule has 0 aliphatic carbocycles. The fourth-order valence-corrected chi connectivity index (χ4v) is 1.87. The highest BCUT2D eigenvalue weighted by Crippen LogP contribution is 2.24. The predicted octanol–water partition coefficient (Wildman–Crippen LogP) is 4.88. The van der Waals surface area contributed by atoms with Crippen LogP contribution in [-0.2, 0) is 6.54 Å². The highest BCUT2D eigenvalue weighted by Gasteiger charge is 2.05. The van der Waals surface area contributed by atoms with Gasteiger partial charge in [0.2, 0.25) is 0 Å². The second-order valence-corrected chi connectivity index (χ2v) is 4.53. The minimum Gasteiger partial charge on any atom is -0.380 e. The molecule has 94 valence electrons. The van der Waals surface area contributed by atoms with Gasteiger partial charge >= 0.3 is 0 Å². The summed E-state index contributed by atoms with van der Waals surface area (Å²) in [6.07, 6.45) is 0. The van der Waals surface area contributed by atoms with Crippen LogP contribution in [-0.4, -0.2) is 0 Å². The second-order valence-electron chi connectivity index (χ2n) is 3.71. The van der Waals surface area contributed by atoms with E-state index in [1.807, 2.05) is 0 Å². The Morgan fingerprint density at radius 1 is 0.889 bits per heavy atom. The van der Waals surface area contributed by atoms with Crippen molar-refractivity contribution in [3.05, 3.63) is 63.6 Å². The van der Waals surface area contributed by atoms with E-state index < -0.39 is 5.82 Å². The number of rotatable bonds is 3. The Hall–Kier alpha value is -1.32. The molecule has 0 aromatic heterocycles. The van der Waals surface area contributed by atoms with Crippen molar-refractivity contribution in [2.45, 2.75) is 6.54 Å². The summed E-state index contributed by atoms with van der Waals surface area (Å²) >= 11 is 11.8. The van der Waals surface area contributed by atoms with E-state index in [1.54, 1.807) is 0 Å². The van der Waals surface area contributed by atoms with Gasteiger partial charge in [0, 0.05) is 11.6 Å². The maximum Gasteiger partial charge on any atom is 0.125 e.